The summed E-state index contributed by atoms with van der Waals surface area (Å²) in [6, 6.07) is 6.77. The van der Waals surface area contributed by atoms with Crippen LogP contribution in [0.2, 0.25) is 0 Å². The zero-order valence-electron chi connectivity index (χ0n) is 10.8. The van der Waals surface area contributed by atoms with Gasteiger partial charge in [-0.2, -0.15) is 0 Å². The summed E-state index contributed by atoms with van der Waals surface area (Å²) in [6.07, 6.45) is 1.61. The van der Waals surface area contributed by atoms with Gasteiger partial charge in [0.05, 0.1) is 19.2 Å². The van der Waals surface area contributed by atoms with E-state index in [1.807, 2.05) is 0 Å². The molecule has 1 N–H and O–H groups in total. The van der Waals surface area contributed by atoms with Gasteiger partial charge >= 0.3 is 5.97 Å². The lowest BCUT2D eigenvalue weighted by Gasteiger charge is -2.05. The Bertz CT molecular complexity index is 580. The fraction of sp³-hybridized carbons (Fsp3) is 0.250. The van der Waals surface area contributed by atoms with E-state index in [1.54, 1.807) is 24.3 Å². The smallest absolute Gasteiger partial charge is 0.307 e. The molecule has 0 aliphatic rings. The van der Waals surface area contributed by atoms with Crippen LogP contribution in [0.3, 0.4) is 0 Å². The number of ether oxygens (including phenoxy) is 1. The average molecular weight is 275 g/mol. The molecule has 0 aliphatic heterocycles. The number of carbonyl (C=O) groups is 2. The predicted octanol–water partition coefficient (Wildman–Crippen LogP) is -0.0448. The van der Waals surface area contributed by atoms with Gasteiger partial charge in [0.15, 0.2) is 0 Å². The van der Waals surface area contributed by atoms with Crippen molar-refractivity contribution in [1.29, 1.82) is 0 Å². The van der Waals surface area contributed by atoms with Gasteiger partial charge < -0.3 is 10.1 Å². The fourth-order valence-electron chi connectivity index (χ4n) is 1.53. The number of rotatable bonds is 5. The second kappa shape index (κ2) is 6.41. The molecule has 0 spiro atoms. The Labute approximate surface area is 114 Å². The Hall–Kier alpha value is -2.77. The summed E-state index contributed by atoms with van der Waals surface area (Å²) < 4.78 is 5.97. The van der Waals surface area contributed by atoms with Gasteiger partial charge in [0.2, 0.25) is 0 Å². The standard InChI is InChI=1S/C12H13N5O3/c1-20-11(18)6-7-13-12(19)9-2-4-10(5-3-9)17-8-14-15-16-17/h2-5,8H,6-7H2,1H3,(H,13,19). The highest BCUT2D eigenvalue weighted by Crippen LogP contribution is 2.07. The molecular formula is C12H13N5O3. The molecule has 2 aromatic rings. The Morgan fingerprint density at radius 3 is 2.65 bits per heavy atom. The average Bonchev–Trinajstić information content (AvgIpc) is 3.01. The summed E-state index contributed by atoms with van der Waals surface area (Å²) in [5, 5.41) is 13.4. The number of nitrogens with one attached hydrogen (secondary N) is 1. The molecule has 20 heavy (non-hydrogen) atoms. The molecule has 1 aromatic carbocycles. The zero-order chi connectivity index (χ0) is 14.4. The van der Waals surface area contributed by atoms with Gasteiger partial charge in [-0.3, -0.25) is 9.59 Å². The third-order valence-electron chi connectivity index (χ3n) is 2.59. The van der Waals surface area contributed by atoms with Gasteiger partial charge in [-0.05, 0) is 34.7 Å². The molecule has 0 bridgehead atoms. The highest BCUT2D eigenvalue weighted by Gasteiger charge is 2.07. The minimum Gasteiger partial charge on any atom is -0.469 e. The first-order chi connectivity index (χ1) is 9.70. The van der Waals surface area contributed by atoms with Crippen LogP contribution in [0.5, 0.6) is 0 Å². The van der Waals surface area contributed by atoms with Gasteiger partial charge in [0.25, 0.3) is 5.91 Å². The maximum atomic E-state index is 11.8. The van der Waals surface area contributed by atoms with Crippen LogP contribution >= 0.6 is 0 Å². The number of hydrogen-bond donors (Lipinski definition) is 1. The largest absolute Gasteiger partial charge is 0.469 e. The SMILES string of the molecule is COC(=O)CCNC(=O)c1ccc(-n2cnnn2)cc1. The van der Waals surface area contributed by atoms with Gasteiger partial charge in [0, 0.05) is 12.1 Å². The summed E-state index contributed by atoms with van der Waals surface area (Å²) >= 11 is 0. The van der Waals surface area contributed by atoms with Gasteiger partial charge in [-0.25, -0.2) is 4.68 Å². The molecular weight excluding hydrogens is 262 g/mol. The number of esters is 1. The van der Waals surface area contributed by atoms with E-state index in [4.69, 9.17) is 0 Å². The number of hydrogen-bond acceptors (Lipinski definition) is 6. The number of benzene rings is 1. The van der Waals surface area contributed by atoms with Crippen molar-refractivity contribution in [3.8, 4) is 5.69 Å². The molecule has 0 aliphatic carbocycles. The molecule has 0 saturated heterocycles. The quantitative estimate of drug-likeness (QED) is 0.768. The Morgan fingerprint density at radius 2 is 2.05 bits per heavy atom. The Balaban J connectivity index is 1.92. The molecule has 8 nitrogen and oxygen atoms in total. The van der Waals surface area contributed by atoms with E-state index in [0.29, 0.717) is 5.56 Å². The lowest BCUT2D eigenvalue weighted by molar-refractivity contribution is -0.140. The third-order valence-corrected chi connectivity index (χ3v) is 2.59. The summed E-state index contributed by atoms with van der Waals surface area (Å²) in [5.74, 6) is -0.614. The summed E-state index contributed by atoms with van der Waals surface area (Å²) in [4.78, 5) is 22.7. The van der Waals surface area contributed by atoms with E-state index < -0.39 is 0 Å². The zero-order valence-corrected chi connectivity index (χ0v) is 10.8. The van der Waals surface area contributed by atoms with Crippen molar-refractivity contribution in [2.75, 3.05) is 13.7 Å². The summed E-state index contributed by atoms with van der Waals surface area (Å²) in [6.45, 7) is 0.236. The number of tetrazole rings is 1. The molecule has 0 atom stereocenters. The molecule has 0 fully saturated rings. The molecule has 0 radical (unpaired) electrons. The van der Waals surface area contributed by atoms with Crippen molar-refractivity contribution >= 4 is 11.9 Å². The lowest BCUT2D eigenvalue weighted by Crippen LogP contribution is -2.26. The van der Waals surface area contributed by atoms with E-state index in [1.165, 1.54) is 18.1 Å². The first-order valence-electron chi connectivity index (χ1n) is 5.89. The van der Waals surface area contributed by atoms with Crippen molar-refractivity contribution in [3.05, 3.63) is 36.2 Å². The monoisotopic (exact) mass is 275 g/mol. The van der Waals surface area contributed by atoms with Crippen LogP contribution in [0.15, 0.2) is 30.6 Å². The predicted molar refractivity (Wildman–Crippen MR) is 68.1 cm³/mol. The maximum Gasteiger partial charge on any atom is 0.307 e. The van der Waals surface area contributed by atoms with Crippen molar-refractivity contribution in [1.82, 2.24) is 25.5 Å². The second-order valence-corrected chi connectivity index (χ2v) is 3.88. The minimum atomic E-state index is -0.362. The topological polar surface area (TPSA) is 99.0 Å². The van der Waals surface area contributed by atoms with E-state index in [-0.39, 0.29) is 24.8 Å². The molecule has 1 amide bonds. The van der Waals surface area contributed by atoms with E-state index in [2.05, 4.69) is 25.6 Å². The highest BCUT2D eigenvalue weighted by molar-refractivity contribution is 5.94. The summed E-state index contributed by atoms with van der Waals surface area (Å²) in [5.41, 5.74) is 1.24. The van der Waals surface area contributed by atoms with Crippen LogP contribution in [0, 0.1) is 0 Å². The first kappa shape index (κ1) is 13.7. The van der Waals surface area contributed by atoms with E-state index >= 15 is 0 Å². The second-order valence-electron chi connectivity index (χ2n) is 3.88. The number of methoxy groups -OCH3 is 1. The third kappa shape index (κ3) is 3.37. The molecule has 104 valence electrons. The van der Waals surface area contributed by atoms with Gasteiger partial charge in [0.1, 0.15) is 6.33 Å². The van der Waals surface area contributed by atoms with Crippen LogP contribution in [0.1, 0.15) is 16.8 Å². The summed E-state index contributed by atoms with van der Waals surface area (Å²) in [7, 11) is 1.31. The Morgan fingerprint density at radius 1 is 1.30 bits per heavy atom. The highest BCUT2D eigenvalue weighted by atomic mass is 16.5. The molecule has 1 aromatic heterocycles. The van der Waals surface area contributed by atoms with Crippen molar-refractivity contribution in [3.63, 3.8) is 0 Å². The maximum absolute atomic E-state index is 11.8. The first-order valence-corrected chi connectivity index (χ1v) is 5.89. The number of aromatic nitrogens is 4. The molecule has 2 rings (SSSR count). The van der Waals surface area contributed by atoms with Gasteiger partial charge in [-0.15, -0.1) is 5.10 Å². The van der Waals surface area contributed by atoms with Crippen LogP contribution in [0.25, 0.3) is 5.69 Å². The normalized spacial score (nSPS) is 10.1. The number of amides is 1. The minimum absolute atomic E-state index is 0.144. The van der Waals surface area contributed by atoms with Crippen molar-refractivity contribution < 1.29 is 14.3 Å². The van der Waals surface area contributed by atoms with Crippen LogP contribution < -0.4 is 5.32 Å². The molecule has 1 heterocycles. The van der Waals surface area contributed by atoms with Crippen LogP contribution in [-0.4, -0.2) is 45.7 Å². The molecule has 8 heteroatoms. The van der Waals surface area contributed by atoms with Crippen molar-refractivity contribution in [2.24, 2.45) is 0 Å². The number of carbonyl (C=O) groups excluding carboxylic acids is 2. The number of nitrogens with zero attached hydrogens (tertiary/aromatic N) is 4. The molecule has 0 unspecified atom stereocenters. The van der Waals surface area contributed by atoms with Crippen LogP contribution in [0.4, 0.5) is 0 Å². The lowest BCUT2D eigenvalue weighted by atomic mass is 10.2. The Kier molecular flexibility index (Phi) is 4.38. The molecule has 0 saturated carbocycles. The van der Waals surface area contributed by atoms with Crippen LogP contribution in [-0.2, 0) is 9.53 Å². The van der Waals surface area contributed by atoms with E-state index in [9.17, 15) is 9.59 Å². The van der Waals surface area contributed by atoms with Crippen molar-refractivity contribution in [2.45, 2.75) is 6.42 Å². The fourth-order valence-corrected chi connectivity index (χ4v) is 1.53. The van der Waals surface area contributed by atoms with Gasteiger partial charge in [-0.1, -0.05) is 0 Å². The van der Waals surface area contributed by atoms with E-state index in [0.717, 1.165) is 5.69 Å².